The van der Waals surface area contributed by atoms with E-state index in [-0.39, 0.29) is 5.91 Å². The largest absolute Gasteiger partial charge is 0.330 e. The van der Waals surface area contributed by atoms with Crippen molar-refractivity contribution in [1.82, 2.24) is 5.01 Å². The summed E-state index contributed by atoms with van der Waals surface area (Å²) in [7, 11) is 0. The molecule has 1 amide bonds. The van der Waals surface area contributed by atoms with Crippen molar-refractivity contribution in [1.29, 1.82) is 0 Å². The molecule has 1 heterocycles. The van der Waals surface area contributed by atoms with Gasteiger partial charge in [-0.2, -0.15) is 5.10 Å². The Bertz CT molecular complexity index is 442. The Kier molecular flexibility index (Phi) is 3.91. The van der Waals surface area contributed by atoms with Crippen molar-refractivity contribution in [2.75, 3.05) is 6.54 Å². The molecule has 0 aliphatic carbocycles. The van der Waals surface area contributed by atoms with Crippen molar-refractivity contribution in [3.63, 3.8) is 0 Å². The Morgan fingerprint density at radius 1 is 1.35 bits per heavy atom. The van der Waals surface area contributed by atoms with Gasteiger partial charge in [0.05, 0.1) is 13.0 Å². The normalized spacial score (nSPS) is 15.3. The maximum Gasteiger partial charge on any atom is 0.248 e. The first-order chi connectivity index (χ1) is 8.19. The SMILES string of the molecule is NCCC1=NN(Cc2ccc(Br)cc2)C(=O)C1. The van der Waals surface area contributed by atoms with Crippen LogP contribution in [-0.2, 0) is 11.3 Å². The first-order valence-corrected chi connectivity index (χ1v) is 6.29. The molecule has 1 aliphatic rings. The summed E-state index contributed by atoms with van der Waals surface area (Å²) in [5.74, 6) is 0.0522. The van der Waals surface area contributed by atoms with Crippen LogP contribution in [0.1, 0.15) is 18.4 Å². The highest BCUT2D eigenvalue weighted by atomic mass is 79.9. The summed E-state index contributed by atoms with van der Waals surface area (Å²) in [5, 5.41) is 5.81. The van der Waals surface area contributed by atoms with Crippen LogP contribution in [0.15, 0.2) is 33.8 Å². The molecule has 0 saturated carbocycles. The fraction of sp³-hybridized carbons (Fsp3) is 0.333. The molecule has 1 aromatic rings. The van der Waals surface area contributed by atoms with E-state index in [1.807, 2.05) is 24.3 Å². The Balaban J connectivity index is 2.03. The predicted molar refractivity (Wildman–Crippen MR) is 70.4 cm³/mol. The van der Waals surface area contributed by atoms with Gasteiger partial charge in [-0.25, -0.2) is 5.01 Å². The second kappa shape index (κ2) is 5.42. The first kappa shape index (κ1) is 12.3. The van der Waals surface area contributed by atoms with Crippen molar-refractivity contribution in [2.24, 2.45) is 10.8 Å². The second-order valence-electron chi connectivity index (χ2n) is 3.96. The van der Waals surface area contributed by atoms with Crippen LogP contribution in [0.2, 0.25) is 0 Å². The highest BCUT2D eigenvalue weighted by molar-refractivity contribution is 9.10. The lowest BCUT2D eigenvalue weighted by atomic mass is 10.2. The molecule has 5 heteroatoms. The number of carbonyl (C=O) groups excluding carboxylic acids is 1. The third-order valence-corrected chi connectivity index (χ3v) is 3.11. The summed E-state index contributed by atoms with van der Waals surface area (Å²) in [5.41, 5.74) is 7.41. The number of nitrogens with two attached hydrogens (primary N) is 1. The maximum absolute atomic E-state index is 11.7. The highest BCUT2D eigenvalue weighted by Gasteiger charge is 2.22. The van der Waals surface area contributed by atoms with Gasteiger partial charge in [0.1, 0.15) is 0 Å². The van der Waals surface area contributed by atoms with Crippen LogP contribution < -0.4 is 5.73 Å². The van der Waals surface area contributed by atoms with E-state index in [0.29, 0.717) is 25.9 Å². The minimum atomic E-state index is 0.0522. The quantitative estimate of drug-likeness (QED) is 0.922. The summed E-state index contributed by atoms with van der Waals surface area (Å²) < 4.78 is 1.03. The third kappa shape index (κ3) is 3.14. The zero-order chi connectivity index (χ0) is 12.3. The van der Waals surface area contributed by atoms with E-state index in [4.69, 9.17) is 5.73 Å². The maximum atomic E-state index is 11.7. The Morgan fingerprint density at radius 2 is 2.06 bits per heavy atom. The number of hydrogen-bond donors (Lipinski definition) is 1. The van der Waals surface area contributed by atoms with E-state index in [1.165, 1.54) is 5.01 Å². The zero-order valence-electron chi connectivity index (χ0n) is 9.40. The number of amides is 1. The molecule has 0 radical (unpaired) electrons. The van der Waals surface area contributed by atoms with Crippen molar-refractivity contribution in [2.45, 2.75) is 19.4 Å². The van der Waals surface area contributed by atoms with Crippen LogP contribution in [0.5, 0.6) is 0 Å². The number of carbonyl (C=O) groups is 1. The number of hydrogen-bond acceptors (Lipinski definition) is 3. The Hall–Kier alpha value is -1.20. The molecule has 1 aromatic carbocycles. The molecule has 2 rings (SSSR count). The summed E-state index contributed by atoms with van der Waals surface area (Å²) in [6.07, 6.45) is 1.11. The summed E-state index contributed by atoms with van der Waals surface area (Å²) >= 11 is 3.38. The lowest BCUT2D eigenvalue weighted by Crippen LogP contribution is -2.19. The molecule has 0 saturated heterocycles. The summed E-state index contributed by atoms with van der Waals surface area (Å²) in [6.45, 7) is 1.07. The van der Waals surface area contributed by atoms with Crippen LogP contribution in [0.3, 0.4) is 0 Å². The highest BCUT2D eigenvalue weighted by Crippen LogP contribution is 2.16. The molecule has 0 fully saturated rings. The zero-order valence-corrected chi connectivity index (χ0v) is 11.0. The van der Waals surface area contributed by atoms with Crippen LogP contribution in [0.4, 0.5) is 0 Å². The van der Waals surface area contributed by atoms with Gasteiger partial charge in [-0.1, -0.05) is 28.1 Å². The topological polar surface area (TPSA) is 58.7 Å². The van der Waals surface area contributed by atoms with Gasteiger partial charge >= 0.3 is 0 Å². The molecule has 0 bridgehead atoms. The minimum Gasteiger partial charge on any atom is -0.330 e. The molecule has 0 aromatic heterocycles. The molecule has 0 unspecified atom stereocenters. The molecule has 1 aliphatic heterocycles. The van der Waals surface area contributed by atoms with Gasteiger partial charge in [0.25, 0.3) is 0 Å². The average molecular weight is 296 g/mol. The van der Waals surface area contributed by atoms with Crippen molar-refractivity contribution < 1.29 is 4.79 Å². The van der Waals surface area contributed by atoms with E-state index < -0.39 is 0 Å². The third-order valence-electron chi connectivity index (χ3n) is 2.58. The fourth-order valence-corrected chi connectivity index (χ4v) is 1.98. The van der Waals surface area contributed by atoms with Gasteiger partial charge in [-0.05, 0) is 24.2 Å². The van der Waals surface area contributed by atoms with Gasteiger partial charge in [-0.3, -0.25) is 4.79 Å². The van der Waals surface area contributed by atoms with E-state index in [0.717, 1.165) is 15.7 Å². The van der Waals surface area contributed by atoms with Crippen molar-refractivity contribution in [3.05, 3.63) is 34.3 Å². The average Bonchev–Trinajstić information content (AvgIpc) is 2.63. The van der Waals surface area contributed by atoms with Crippen molar-refractivity contribution in [3.8, 4) is 0 Å². The van der Waals surface area contributed by atoms with E-state index in [9.17, 15) is 4.79 Å². The predicted octanol–water partition coefficient (Wildman–Crippen LogP) is 1.89. The van der Waals surface area contributed by atoms with E-state index in [1.54, 1.807) is 0 Å². The molecule has 90 valence electrons. The summed E-state index contributed by atoms with van der Waals surface area (Å²) in [6, 6.07) is 7.88. The molecule has 0 atom stereocenters. The standard InChI is InChI=1S/C12H14BrN3O/c13-10-3-1-9(2-4-10)8-16-12(17)7-11(15-16)5-6-14/h1-4H,5-8,14H2. The van der Waals surface area contributed by atoms with Crippen molar-refractivity contribution >= 4 is 27.5 Å². The van der Waals surface area contributed by atoms with Gasteiger partial charge < -0.3 is 5.73 Å². The lowest BCUT2D eigenvalue weighted by molar-refractivity contribution is -0.129. The minimum absolute atomic E-state index is 0.0522. The van der Waals surface area contributed by atoms with Crippen LogP contribution >= 0.6 is 15.9 Å². The Labute approximate surface area is 109 Å². The van der Waals surface area contributed by atoms with Gasteiger partial charge in [0.2, 0.25) is 5.91 Å². The van der Waals surface area contributed by atoms with Gasteiger partial charge in [0, 0.05) is 16.6 Å². The number of benzene rings is 1. The monoisotopic (exact) mass is 295 g/mol. The number of rotatable bonds is 4. The van der Waals surface area contributed by atoms with Gasteiger partial charge in [-0.15, -0.1) is 0 Å². The fourth-order valence-electron chi connectivity index (χ4n) is 1.72. The molecular weight excluding hydrogens is 282 g/mol. The number of halogens is 1. The molecule has 0 spiro atoms. The van der Waals surface area contributed by atoms with E-state index >= 15 is 0 Å². The van der Waals surface area contributed by atoms with Gasteiger partial charge in [0.15, 0.2) is 0 Å². The number of nitrogens with zero attached hydrogens (tertiary/aromatic N) is 2. The van der Waals surface area contributed by atoms with Crippen LogP contribution in [0.25, 0.3) is 0 Å². The lowest BCUT2D eigenvalue weighted by Gasteiger charge is -2.11. The Morgan fingerprint density at radius 3 is 2.71 bits per heavy atom. The summed E-state index contributed by atoms with van der Waals surface area (Å²) in [4.78, 5) is 11.7. The van der Waals surface area contributed by atoms with E-state index in [2.05, 4.69) is 21.0 Å². The molecular formula is C12H14BrN3O. The molecule has 4 nitrogen and oxygen atoms in total. The van der Waals surface area contributed by atoms with Crippen LogP contribution in [0, 0.1) is 0 Å². The smallest absolute Gasteiger partial charge is 0.248 e. The first-order valence-electron chi connectivity index (χ1n) is 5.50. The second-order valence-corrected chi connectivity index (χ2v) is 4.88. The molecule has 2 N–H and O–H groups in total. The van der Waals surface area contributed by atoms with Crippen LogP contribution in [-0.4, -0.2) is 23.2 Å². The number of hydrazone groups is 1. The molecule has 17 heavy (non-hydrogen) atoms.